The van der Waals surface area contributed by atoms with Crippen LogP contribution in [0.1, 0.15) is 5.56 Å². The number of carbonyl (C=O) groups excluding carboxylic acids is 1. The van der Waals surface area contributed by atoms with Gasteiger partial charge in [0.1, 0.15) is 0 Å². The zero-order valence-electron chi connectivity index (χ0n) is 9.86. The summed E-state index contributed by atoms with van der Waals surface area (Å²) in [6.45, 7) is 1.54. The van der Waals surface area contributed by atoms with Gasteiger partial charge >= 0.3 is 0 Å². The van der Waals surface area contributed by atoms with E-state index in [1.165, 1.54) is 0 Å². The lowest BCUT2D eigenvalue weighted by molar-refractivity contribution is -0.129. The van der Waals surface area contributed by atoms with Gasteiger partial charge in [0.05, 0.1) is 6.42 Å². The molecule has 1 rings (SSSR count). The highest BCUT2D eigenvalue weighted by Crippen LogP contribution is 2.07. The zero-order chi connectivity index (χ0) is 12.0. The molecule has 0 aliphatic carbocycles. The molecular weight excluding hydrogens is 202 g/mol. The summed E-state index contributed by atoms with van der Waals surface area (Å²) >= 11 is 0. The highest BCUT2D eigenvalue weighted by Gasteiger charge is 2.08. The summed E-state index contributed by atoms with van der Waals surface area (Å²) in [5.41, 5.74) is 7.30. The molecule has 3 N–H and O–H groups in total. The Balaban J connectivity index is 2.47. The summed E-state index contributed by atoms with van der Waals surface area (Å²) < 4.78 is 0. The monoisotopic (exact) mass is 221 g/mol. The lowest BCUT2D eigenvalue weighted by atomic mass is 10.1. The van der Waals surface area contributed by atoms with Crippen LogP contribution in [0.3, 0.4) is 0 Å². The SMILES string of the molecule is CNCCN(C)C(=O)Cc1ccc(N)cc1. The van der Waals surface area contributed by atoms with Crippen molar-refractivity contribution in [2.45, 2.75) is 6.42 Å². The topological polar surface area (TPSA) is 58.4 Å². The zero-order valence-corrected chi connectivity index (χ0v) is 9.86. The summed E-state index contributed by atoms with van der Waals surface area (Å²) in [5.74, 6) is 0.125. The summed E-state index contributed by atoms with van der Waals surface area (Å²) in [4.78, 5) is 13.5. The van der Waals surface area contributed by atoms with E-state index in [0.29, 0.717) is 6.42 Å². The minimum atomic E-state index is 0.125. The fourth-order valence-corrected chi connectivity index (χ4v) is 1.35. The van der Waals surface area contributed by atoms with Gasteiger partial charge in [-0.1, -0.05) is 12.1 Å². The van der Waals surface area contributed by atoms with Gasteiger partial charge in [0, 0.05) is 25.8 Å². The van der Waals surface area contributed by atoms with Crippen molar-refractivity contribution < 1.29 is 4.79 Å². The molecule has 0 bridgehead atoms. The molecule has 1 aromatic carbocycles. The molecule has 88 valence electrons. The van der Waals surface area contributed by atoms with Crippen molar-refractivity contribution >= 4 is 11.6 Å². The van der Waals surface area contributed by atoms with E-state index in [2.05, 4.69) is 5.32 Å². The van der Waals surface area contributed by atoms with Crippen LogP contribution in [-0.4, -0.2) is 38.0 Å². The minimum absolute atomic E-state index is 0.125. The van der Waals surface area contributed by atoms with Gasteiger partial charge in [-0.3, -0.25) is 4.79 Å². The van der Waals surface area contributed by atoms with Crippen LogP contribution in [0, 0.1) is 0 Å². The Hall–Kier alpha value is -1.55. The van der Waals surface area contributed by atoms with Crippen LogP contribution in [0.25, 0.3) is 0 Å². The van der Waals surface area contributed by atoms with Crippen LogP contribution < -0.4 is 11.1 Å². The molecule has 4 nitrogen and oxygen atoms in total. The number of hydrogen-bond acceptors (Lipinski definition) is 3. The van der Waals surface area contributed by atoms with E-state index in [1.54, 1.807) is 4.90 Å². The van der Waals surface area contributed by atoms with Crippen LogP contribution in [-0.2, 0) is 11.2 Å². The fraction of sp³-hybridized carbons (Fsp3) is 0.417. The molecule has 0 radical (unpaired) electrons. The first-order valence-electron chi connectivity index (χ1n) is 5.36. The number of benzene rings is 1. The van der Waals surface area contributed by atoms with Gasteiger partial charge in [-0.05, 0) is 24.7 Å². The second kappa shape index (κ2) is 6.12. The maximum atomic E-state index is 11.8. The van der Waals surface area contributed by atoms with Crippen LogP contribution >= 0.6 is 0 Å². The predicted molar refractivity (Wildman–Crippen MR) is 66.1 cm³/mol. The van der Waals surface area contributed by atoms with Crippen molar-refractivity contribution in [2.75, 3.05) is 32.9 Å². The molecule has 0 aliphatic rings. The number of nitrogen functional groups attached to an aromatic ring is 1. The van der Waals surface area contributed by atoms with Crippen molar-refractivity contribution in [3.05, 3.63) is 29.8 Å². The lowest BCUT2D eigenvalue weighted by Gasteiger charge is -2.16. The first kappa shape index (κ1) is 12.5. The minimum Gasteiger partial charge on any atom is -0.399 e. The molecule has 4 heteroatoms. The number of nitrogens with zero attached hydrogens (tertiary/aromatic N) is 1. The van der Waals surface area contributed by atoms with E-state index in [1.807, 2.05) is 38.4 Å². The number of anilines is 1. The van der Waals surface area contributed by atoms with Crippen LogP contribution in [0.15, 0.2) is 24.3 Å². The summed E-state index contributed by atoms with van der Waals surface area (Å²) in [6.07, 6.45) is 0.431. The van der Waals surface area contributed by atoms with Crippen molar-refractivity contribution in [3.8, 4) is 0 Å². The number of likely N-dealkylation sites (N-methyl/N-ethyl adjacent to an activating group) is 2. The normalized spacial score (nSPS) is 10.1. The second-order valence-corrected chi connectivity index (χ2v) is 3.84. The Labute approximate surface area is 96.4 Å². The number of carbonyl (C=O) groups is 1. The van der Waals surface area contributed by atoms with Gasteiger partial charge in [-0.2, -0.15) is 0 Å². The molecule has 0 aliphatic heterocycles. The van der Waals surface area contributed by atoms with E-state index in [-0.39, 0.29) is 5.91 Å². The molecule has 0 aromatic heterocycles. The smallest absolute Gasteiger partial charge is 0.226 e. The van der Waals surface area contributed by atoms with E-state index < -0.39 is 0 Å². The number of nitrogens with one attached hydrogen (secondary N) is 1. The van der Waals surface area contributed by atoms with Gasteiger partial charge < -0.3 is 16.0 Å². The van der Waals surface area contributed by atoms with Crippen molar-refractivity contribution in [3.63, 3.8) is 0 Å². The Kier molecular flexibility index (Phi) is 4.79. The highest BCUT2D eigenvalue weighted by atomic mass is 16.2. The number of rotatable bonds is 5. The van der Waals surface area contributed by atoms with Crippen molar-refractivity contribution in [1.29, 1.82) is 0 Å². The lowest BCUT2D eigenvalue weighted by Crippen LogP contribution is -2.33. The molecule has 0 atom stereocenters. The summed E-state index contributed by atoms with van der Waals surface area (Å²) in [7, 11) is 3.69. The average Bonchev–Trinajstić information content (AvgIpc) is 2.29. The highest BCUT2D eigenvalue weighted by molar-refractivity contribution is 5.78. The first-order valence-corrected chi connectivity index (χ1v) is 5.36. The largest absolute Gasteiger partial charge is 0.399 e. The van der Waals surface area contributed by atoms with Crippen LogP contribution in [0.5, 0.6) is 0 Å². The third kappa shape index (κ3) is 3.90. The molecule has 0 unspecified atom stereocenters. The molecule has 16 heavy (non-hydrogen) atoms. The van der Waals surface area contributed by atoms with Crippen LogP contribution in [0.4, 0.5) is 5.69 Å². The summed E-state index contributed by atoms with van der Waals surface area (Å²) in [6, 6.07) is 7.41. The Morgan fingerprint density at radius 3 is 2.56 bits per heavy atom. The number of nitrogens with two attached hydrogens (primary N) is 1. The fourth-order valence-electron chi connectivity index (χ4n) is 1.35. The Morgan fingerprint density at radius 2 is 2.00 bits per heavy atom. The molecule has 0 spiro atoms. The quantitative estimate of drug-likeness (QED) is 0.711. The molecule has 1 amide bonds. The molecule has 1 aromatic rings. The Bertz CT molecular complexity index is 335. The van der Waals surface area contributed by atoms with Crippen molar-refractivity contribution in [2.24, 2.45) is 0 Å². The van der Waals surface area contributed by atoms with E-state index in [4.69, 9.17) is 5.73 Å². The average molecular weight is 221 g/mol. The third-order valence-electron chi connectivity index (χ3n) is 2.46. The standard InChI is InChI=1S/C12H19N3O/c1-14-7-8-15(2)12(16)9-10-3-5-11(13)6-4-10/h3-6,14H,7-9,13H2,1-2H3. The van der Waals surface area contributed by atoms with E-state index >= 15 is 0 Å². The van der Waals surface area contributed by atoms with Gasteiger partial charge in [0.25, 0.3) is 0 Å². The number of amides is 1. The van der Waals surface area contributed by atoms with Crippen molar-refractivity contribution in [1.82, 2.24) is 10.2 Å². The molecule has 0 saturated carbocycles. The van der Waals surface area contributed by atoms with Crippen LogP contribution in [0.2, 0.25) is 0 Å². The maximum absolute atomic E-state index is 11.8. The number of hydrogen-bond donors (Lipinski definition) is 2. The molecular formula is C12H19N3O. The summed E-state index contributed by atoms with van der Waals surface area (Å²) in [5, 5.41) is 3.01. The molecule has 0 heterocycles. The first-order chi connectivity index (χ1) is 7.63. The van der Waals surface area contributed by atoms with Gasteiger partial charge in [-0.15, -0.1) is 0 Å². The van der Waals surface area contributed by atoms with E-state index in [0.717, 1.165) is 24.3 Å². The molecule has 0 fully saturated rings. The van der Waals surface area contributed by atoms with E-state index in [9.17, 15) is 4.79 Å². The van der Waals surface area contributed by atoms with Gasteiger partial charge in [-0.25, -0.2) is 0 Å². The molecule has 0 saturated heterocycles. The maximum Gasteiger partial charge on any atom is 0.226 e. The third-order valence-corrected chi connectivity index (χ3v) is 2.46. The predicted octanol–water partition coefficient (Wildman–Crippen LogP) is 0.489. The van der Waals surface area contributed by atoms with Gasteiger partial charge in [0.15, 0.2) is 0 Å². The Morgan fingerprint density at radius 1 is 1.38 bits per heavy atom. The second-order valence-electron chi connectivity index (χ2n) is 3.84. The van der Waals surface area contributed by atoms with Gasteiger partial charge in [0.2, 0.25) is 5.91 Å².